The Morgan fingerprint density at radius 3 is 2.70 bits per heavy atom. The van der Waals surface area contributed by atoms with Crippen LogP contribution in [-0.2, 0) is 6.42 Å². The molecule has 0 fully saturated rings. The normalized spacial score (nSPS) is 11.3. The number of pyridine rings is 1. The number of carbonyl (C=O) groups excluding carboxylic acids is 1. The number of amides is 2. The summed E-state index contributed by atoms with van der Waals surface area (Å²) in [5.74, 6) is 0.434. The molecule has 2 amide bonds. The predicted octanol–water partition coefficient (Wildman–Crippen LogP) is 5.62. The lowest BCUT2D eigenvalue weighted by Crippen LogP contribution is -2.20. The number of rotatable bonds is 6. The molecule has 0 bridgehead atoms. The van der Waals surface area contributed by atoms with Crippen molar-refractivity contribution in [2.75, 3.05) is 10.6 Å². The molecule has 0 aliphatic heterocycles. The summed E-state index contributed by atoms with van der Waals surface area (Å²) in [6.45, 7) is 6.32. The maximum absolute atomic E-state index is 14.6. The summed E-state index contributed by atoms with van der Waals surface area (Å²) < 4.78 is 25.1. The summed E-state index contributed by atoms with van der Waals surface area (Å²) in [6, 6.07) is 8.62. The minimum absolute atomic E-state index is 0.00481. The molecule has 9 nitrogen and oxygen atoms in total. The number of hydrogen-bond donors (Lipinski definition) is 3. The van der Waals surface area contributed by atoms with Crippen molar-refractivity contribution in [3.05, 3.63) is 66.6 Å². The van der Waals surface area contributed by atoms with Crippen molar-refractivity contribution < 1.29 is 18.4 Å². The molecule has 0 aliphatic carbocycles. The molecule has 10 heteroatoms. The van der Waals surface area contributed by atoms with E-state index >= 15 is 0 Å². The van der Waals surface area contributed by atoms with Gasteiger partial charge in [-0.25, -0.2) is 9.18 Å². The summed E-state index contributed by atoms with van der Waals surface area (Å²) in [6.07, 6.45) is 5.34. The van der Waals surface area contributed by atoms with Crippen LogP contribution in [0.4, 0.5) is 20.7 Å². The van der Waals surface area contributed by atoms with Gasteiger partial charge in [-0.1, -0.05) is 25.9 Å². The molecule has 0 spiro atoms. The average Bonchev–Trinajstić information content (AvgIpc) is 3.41. The van der Waals surface area contributed by atoms with Crippen molar-refractivity contribution >= 4 is 17.5 Å². The maximum atomic E-state index is 14.6. The van der Waals surface area contributed by atoms with Gasteiger partial charge >= 0.3 is 6.03 Å². The standard InChI is InChI=1S/C23H23FN6O3/c1-23(2,3)11-15-8-21(30-29-15)28-22(31)27-19-5-4-16(9-18(19)24)33-17-6-7-25-20(10-17)14-12-26-32-13-14/h4-10,12-13H,11H2,1-3H3,(H3,27,28,29,30,31). The molecule has 3 N–H and O–H groups in total. The van der Waals surface area contributed by atoms with Gasteiger partial charge in [-0.3, -0.25) is 15.4 Å². The monoisotopic (exact) mass is 450 g/mol. The molecule has 0 radical (unpaired) electrons. The van der Waals surface area contributed by atoms with Crippen LogP contribution < -0.4 is 15.4 Å². The van der Waals surface area contributed by atoms with Gasteiger partial charge in [-0.2, -0.15) is 5.10 Å². The largest absolute Gasteiger partial charge is 0.457 e. The van der Waals surface area contributed by atoms with Gasteiger partial charge in [0.25, 0.3) is 0 Å². The Bertz CT molecular complexity index is 1250. The van der Waals surface area contributed by atoms with E-state index in [-0.39, 0.29) is 16.9 Å². The van der Waals surface area contributed by atoms with E-state index in [4.69, 9.17) is 9.26 Å². The summed E-state index contributed by atoms with van der Waals surface area (Å²) in [5, 5.41) is 15.7. The van der Waals surface area contributed by atoms with Gasteiger partial charge in [0.15, 0.2) is 5.82 Å². The van der Waals surface area contributed by atoms with E-state index < -0.39 is 11.8 Å². The highest BCUT2D eigenvalue weighted by atomic mass is 19.1. The fourth-order valence-corrected chi connectivity index (χ4v) is 3.12. The second kappa shape index (κ2) is 9.11. The molecule has 1 aromatic carbocycles. The number of aromatic amines is 1. The van der Waals surface area contributed by atoms with Crippen LogP contribution in [0.1, 0.15) is 26.5 Å². The van der Waals surface area contributed by atoms with Gasteiger partial charge in [0, 0.05) is 30.1 Å². The molecule has 3 aromatic heterocycles. The number of carbonyl (C=O) groups is 1. The van der Waals surface area contributed by atoms with E-state index in [2.05, 4.69) is 51.7 Å². The van der Waals surface area contributed by atoms with E-state index in [1.54, 1.807) is 30.5 Å². The molecule has 0 aliphatic rings. The Morgan fingerprint density at radius 2 is 1.97 bits per heavy atom. The highest BCUT2D eigenvalue weighted by Crippen LogP contribution is 2.28. The highest BCUT2D eigenvalue weighted by molar-refractivity contribution is 5.99. The Kier molecular flexibility index (Phi) is 6.07. The van der Waals surface area contributed by atoms with Gasteiger partial charge in [-0.15, -0.1) is 0 Å². The molecule has 0 atom stereocenters. The van der Waals surface area contributed by atoms with Crippen LogP contribution in [0.2, 0.25) is 0 Å². The molecule has 4 aromatic rings. The molecular formula is C23H23FN6O3. The molecule has 0 saturated heterocycles. The van der Waals surface area contributed by atoms with Gasteiger partial charge in [-0.05, 0) is 30.0 Å². The zero-order valence-corrected chi connectivity index (χ0v) is 18.3. The van der Waals surface area contributed by atoms with E-state index in [1.807, 2.05) is 0 Å². The lowest BCUT2D eigenvalue weighted by Gasteiger charge is -2.15. The van der Waals surface area contributed by atoms with E-state index in [9.17, 15) is 9.18 Å². The first-order valence-electron chi connectivity index (χ1n) is 10.2. The third kappa shape index (κ3) is 5.94. The highest BCUT2D eigenvalue weighted by Gasteiger charge is 2.15. The number of nitrogens with zero attached hydrogens (tertiary/aromatic N) is 3. The zero-order valence-electron chi connectivity index (χ0n) is 18.3. The smallest absolute Gasteiger partial charge is 0.324 e. The van der Waals surface area contributed by atoms with Crippen molar-refractivity contribution in [3.8, 4) is 22.8 Å². The number of urea groups is 1. The Balaban J connectivity index is 1.38. The number of hydrogen-bond acceptors (Lipinski definition) is 6. The van der Waals surface area contributed by atoms with Crippen LogP contribution in [0, 0.1) is 11.2 Å². The third-order valence-electron chi connectivity index (χ3n) is 4.48. The van der Waals surface area contributed by atoms with Crippen molar-refractivity contribution in [1.29, 1.82) is 0 Å². The van der Waals surface area contributed by atoms with E-state index in [0.29, 0.717) is 22.8 Å². The van der Waals surface area contributed by atoms with E-state index in [0.717, 1.165) is 12.1 Å². The van der Waals surface area contributed by atoms with Crippen LogP contribution in [0.5, 0.6) is 11.5 Å². The topological polar surface area (TPSA) is 118 Å². The fraction of sp³-hybridized carbons (Fsp3) is 0.217. The van der Waals surface area contributed by atoms with Crippen molar-refractivity contribution in [3.63, 3.8) is 0 Å². The number of benzene rings is 1. The second-order valence-electron chi connectivity index (χ2n) is 8.63. The predicted molar refractivity (Wildman–Crippen MR) is 121 cm³/mol. The van der Waals surface area contributed by atoms with Crippen molar-refractivity contribution in [2.45, 2.75) is 27.2 Å². The van der Waals surface area contributed by atoms with Gasteiger partial charge in [0.2, 0.25) is 0 Å². The number of aromatic nitrogens is 4. The molecule has 33 heavy (non-hydrogen) atoms. The lowest BCUT2D eigenvalue weighted by molar-refractivity contribution is 0.262. The molecule has 0 unspecified atom stereocenters. The Morgan fingerprint density at radius 1 is 1.15 bits per heavy atom. The van der Waals surface area contributed by atoms with Crippen LogP contribution in [0.15, 0.2) is 59.6 Å². The minimum atomic E-state index is -0.647. The number of H-pyrrole nitrogens is 1. The van der Waals surface area contributed by atoms with Gasteiger partial charge in [0.1, 0.15) is 23.6 Å². The van der Waals surface area contributed by atoms with Crippen LogP contribution in [-0.4, -0.2) is 26.4 Å². The maximum Gasteiger partial charge on any atom is 0.324 e. The first-order chi connectivity index (χ1) is 15.7. The Labute approximate surface area is 189 Å². The number of anilines is 2. The summed E-state index contributed by atoms with van der Waals surface area (Å²) in [4.78, 5) is 16.5. The number of halogens is 1. The van der Waals surface area contributed by atoms with Crippen LogP contribution in [0.3, 0.4) is 0 Å². The first-order valence-corrected chi connectivity index (χ1v) is 10.2. The molecule has 3 heterocycles. The average molecular weight is 450 g/mol. The number of nitrogens with one attached hydrogen (secondary N) is 3. The van der Waals surface area contributed by atoms with Gasteiger partial charge in [0.05, 0.1) is 23.1 Å². The van der Waals surface area contributed by atoms with Gasteiger partial charge < -0.3 is 14.6 Å². The minimum Gasteiger partial charge on any atom is -0.457 e. The Hall–Kier alpha value is -4.21. The zero-order chi connectivity index (χ0) is 23.4. The van der Waals surface area contributed by atoms with Crippen molar-refractivity contribution in [1.82, 2.24) is 20.3 Å². The quantitative estimate of drug-likeness (QED) is 0.351. The van der Waals surface area contributed by atoms with Crippen LogP contribution in [0.25, 0.3) is 11.3 Å². The summed E-state index contributed by atoms with van der Waals surface area (Å²) >= 11 is 0. The first kappa shape index (κ1) is 22.0. The van der Waals surface area contributed by atoms with Crippen molar-refractivity contribution in [2.24, 2.45) is 5.41 Å². The second-order valence-corrected chi connectivity index (χ2v) is 8.63. The molecule has 4 rings (SSSR count). The number of ether oxygens (including phenoxy) is 1. The summed E-state index contributed by atoms with van der Waals surface area (Å²) in [5.41, 5.74) is 2.28. The third-order valence-corrected chi connectivity index (χ3v) is 4.48. The van der Waals surface area contributed by atoms with E-state index in [1.165, 1.54) is 24.6 Å². The molecule has 0 saturated carbocycles. The lowest BCUT2D eigenvalue weighted by atomic mass is 9.91. The molecule has 170 valence electrons. The molecular weight excluding hydrogens is 427 g/mol. The van der Waals surface area contributed by atoms with Crippen LogP contribution >= 0.6 is 0 Å². The SMILES string of the molecule is CC(C)(C)Cc1cc(NC(=O)Nc2ccc(Oc3ccnc(-c4cnoc4)c3)cc2F)n[nH]1. The fourth-order valence-electron chi connectivity index (χ4n) is 3.12. The summed E-state index contributed by atoms with van der Waals surface area (Å²) in [7, 11) is 0.